The first kappa shape index (κ1) is 16.1. The van der Waals surface area contributed by atoms with Crippen LogP contribution >= 0.6 is 0 Å². The van der Waals surface area contributed by atoms with Gasteiger partial charge < -0.3 is 15.0 Å². The van der Waals surface area contributed by atoms with Crippen molar-refractivity contribution in [3.63, 3.8) is 0 Å². The Kier molecular flexibility index (Phi) is 3.53. The summed E-state index contributed by atoms with van der Waals surface area (Å²) in [6.07, 6.45) is 3.60. The zero-order valence-corrected chi connectivity index (χ0v) is 14.8. The predicted octanol–water partition coefficient (Wildman–Crippen LogP) is 3.22. The third kappa shape index (κ3) is 2.44. The van der Waals surface area contributed by atoms with E-state index in [1.165, 1.54) is 6.08 Å². The fraction of sp³-hybridized carbons (Fsp3) is 0.286. The molecule has 6 nitrogen and oxygen atoms in total. The van der Waals surface area contributed by atoms with Crippen LogP contribution in [0.5, 0.6) is 5.75 Å². The number of rotatable bonds is 3. The summed E-state index contributed by atoms with van der Waals surface area (Å²) in [5, 5.41) is 19.6. The van der Waals surface area contributed by atoms with Crippen LogP contribution in [0.15, 0.2) is 49.1 Å². The lowest BCUT2D eigenvalue weighted by atomic mass is 9.85. The van der Waals surface area contributed by atoms with Gasteiger partial charge in [0.05, 0.1) is 5.69 Å². The monoisotopic (exact) mass is 360 g/mol. The third-order valence-corrected chi connectivity index (χ3v) is 5.97. The molecule has 2 aliphatic rings. The molecule has 2 N–H and O–H groups in total. The SMILES string of the molecule is C=CC(=O)N1CC2CCC(c3cc4cc(-c5ccccc5O)nnc4[nH]3)C21. The van der Waals surface area contributed by atoms with Gasteiger partial charge in [0.1, 0.15) is 5.75 Å². The van der Waals surface area contributed by atoms with Crippen molar-refractivity contribution < 1.29 is 9.90 Å². The van der Waals surface area contributed by atoms with Gasteiger partial charge >= 0.3 is 0 Å². The molecule has 2 fully saturated rings. The number of fused-ring (bicyclic) bond motifs is 2. The number of amides is 1. The lowest BCUT2D eigenvalue weighted by Crippen LogP contribution is -2.57. The van der Waals surface area contributed by atoms with Gasteiger partial charge in [0, 0.05) is 35.1 Å². The second-order valence-corrected chi connectivity index (χ2v) is 7.40. The highest BCUT2D eigenvalue weighted by atomic mass is 16.3. The molecule has 5 rings (SSSR count). The van der Waals surface area contributed by atoms with Crippen LogP contribution in [-0.4, -0.2) is 43.7 Å². The minimum atomic E-state index is 0.0147. The summed E-state index contributed by atoms with van der Waals surface area (Å²) in [4.78, 5) is 17.4. The number of phenolic OH excluding ortho intramolecular Hbond substituents is 1. The Morgan fingerprint density at radius 1 is 1.26 bits per heavy atom. The van der Waals surface area contributed by atoms with Gasteiger partial charge in [-0.05, 0) is 49.1 Å². The Hall–Kier alpha value is -3.15. The first-order valence-electron chi connectivity index (χ1n) is 9.23. The molecule has 0 bridgehead atoms. The summed E-state index contributed by atoms with van der Waals surface area (Å²) in [5.74, 6) is 1.07. The molecule has 27 heavy (non-hydrogen) atoms. The van der Waals surface area contributed by atoms with Crippen LogP contribution in [0.25, 0.3) is 22.3 Å². The number of phenols is 1. The van der Waals surface area contributed by atoms with Crippen LogP contribution in [0, 0.1) is 5.92 Å². The Balaban J connectivity index is 1.49. The zero-order chi connectivity index (χ0) is 18.5. The maximum atomic E-state index is 12.1. The molecule has 1 aliphatic heterocycles. The Morgan fingerprint density at radius 3 is 2.93 bits per heavy atom. The molecule has 1 aliphatic carbocycles. The number of aromatic hydroxyl groups is 1. The molecule has 0 radical (unpaired) electrons. The highest BCUT2D eigenvalue weighted by Gasteiger charge is 2.50. The van der Waals surface area contributed by atoms with Crippen molar-refractivity contribution in [2.45, 2.75) is 24.8 Å². The molecule has 1 saturated carbocycles. The van der Waals surface area contributed by atoms with Gasteiger partial charge in [-0.25, -0.2) is 0 Å². The molecule has 6 heteroatoms. The summed E-state index contributed by atoms with van der Waals surface area (Å²) < 4.78 is 0. The van der Waals surface area contributed by atoms with Crippen molar-refractivity contribution in [2.24, 2.45) is 5.92 Å². The first-order valence-corrected chi connectivity index (χ1v) is 9.23. The third-order valence-electron chi connectivity index (χ3n) is 5.97. The molecule has 1 aromatic carbocycles. The van der Waals surface area contributed by atoms with Crippen LogP contribution in [0.3, 0.4) is 0 Å². The summed E-state index contributed by atoms with van der Waals surface area (Å²) >= 11 is 0. The van der Waals surface area contributed by atoms with E-state index in [0.29, 0.717) is 17.2 Å². The quantitative estimate of drug-likeness (QED) is 0.703. The fourth-order valence-corrected chi connectivity index (χ4v) is 4.64. The minimum absolute atomic E-state index is 0.0147. The normalized spacial score (nSPS) is 23.9. The minimum Gasteiger partial charge on any atom is -0.507 e. The van der Waals surface area contributed by atoms with Crippen LogP contribution in [-0.2, 0) is 4.79 Å². The van der Waals surface area contributed by atoms with Crippen LogP contribution in [0.1, 0.15) is 24.5 Å². The zero-order valence-electron chi connectivity index (χ0n) is 14.8. The topological polar surface area (TPSA) is 82.1 Å². The molecule has 3 aromatic rings. The van der Waals surface area contributed by atoms with Crippen molar-refractivity contribution in [3.8, 4) is 17.0 Å². The molecule has 1 saturated heterocycles. The molecule has 0 spiro atoms. The summed E-state index contributed by atoms with van der Waals surface area (Å²) in [6, 6.07) is 11.4. The molecule has 136 valence electrons. The second kappa shape index (κ2) is 5.94. The van der Waals surface area contributed by atoms with E-state index in [-0.39, 0.29) is 23.6 Å². The number of hydrogen-bond donors (Lipinski definition) is 2. The molecular weight excluding hydrogens is 340 g/mol. The first-order chi connectivity index (χ1) is 13.2. The average Bonchev–Trinajstić information content (AvgIpc) is 3.22. The van der Waals surface area contributed by atoms with E-state index >= 15 is 0 Å². The summed E-state index contributed by atoms with van der Waals surface area (Å²) in [7, 11) is 0. The Morgan fingerprint density at radius 2 is 2.11 bits per heavy atom. The van der Waals surface area contributed by atoms with E-state index in [1.807, 2.05) is 23.1 Å². The highest BCUT2D eigenvalue weighted by Crippen LogP contribution is 2.48. The molecule has 1 amide bonds. The van der Waals surface area contributed by atoms with Crippen molar-refractivity contribution in [3.05, 3.63) is 54.7 Å². The van der Waals surface area contributed by atoms with Gasteiger partial charge in [-0.1, -0.05) is 18.7 Å². The predicted molar refractivity (Wildman–Crippen MR) is 102 cm³/mol. The number of likely N-dealkylation sites (tertiary alicyclic amines) is 1. The maximum absolute atomic E-state index is 12.1. The van der Waals surface area contributed by atoms with E-state index in [1.54, 1.807) is 12.1 Å². The van der Waals surface area contributed by atoms with Crippen LogP contribution < -0.4 is 0 Å². The van der Waals surface area contributed by atoms with E-state index in [2.05, 4.69) is 27.8 Å². The number of nitrogens with zero attached hydrogens (tertiary/aromatic N) is 3. The highest BCUT2D eigenvalue weighted by molar-refractivity contribution is 5.88. The molecular formula is C21H20N4O2. The van der Waals surface area contributed by atoms with Gasteiger partial charge in [0.2, 0.25) is 5.91 Å². The lowest BCUT2D eigenvalue weighted by Gasteiger charge is -2.46. The number of carbonyl (C=O) groups is 1. The standard InChI is InChI=1S/C21H20N4O2/c1-2-19(27)25-11-12-7-8-15(20(12)25)16-9-13-10-17(23-24-21(13)22-16)14-5-3-4-6-18(14)26/h2-6,9-10,12,15,20,26H,1,7-8,11H2,(H,22,24). The van der Waals surface area contributed by atoms with Crippen molar-refractivity contribution in [1.82, 2.24) is 20.1 Å². The van der Waals surface area contributed by atoms with Gasteiger partial charge in [-0.15, -0.1) is 10.2 Å². The number of aromatic nitrogens is 3. The summed E-state index contributed by atoms with van der Waals surface area (Å²) in [5.41, 5.74) is 3.14. The van der Waals surface area contributed by atoms with Crippen LogP contribution in [0.4, 0.5) is 0 Å². The van der Waals surface area contributed by atoms with Gasteiger partial charge in [-0.2, -0.15) is 0 Å². The fourth-order valence-electron chi connectivity index (χ4n) is 4.64. The average molecular weight is 360 g/mol. The van der Waals surface area contributed by atoms with Crippen molar-refractivity contribution >= 4 is 16.9 Å². The number of carbonyl (C=O) groups excluding carboxylic acids is 1. The van der Waals surface area contributed by atoms with Crippen molar-refractivity contribution in [2.75, 3.05) is 6.54 Å². The number of hydrogen-bond acceptors (Lipinski definition) is 4. The molecule has 3 unspecified atom stereocenters. The largest absolute Gasteiger partial charge is 0.507 e. The molecule has 3 atom stereocenters. The lowest BCUT2D eigenvalue weighted by molar-refractivity contribution is -0.137. The number of para-hydroxylation sites is 1. The summed E-state index contributed by atoms with van der Waals surface area (Å²) in [6.45, 7) is 4.45. The Bertz CT molecular complexity index is 1060. The van der Waals surface area contributed by atoms with E-state index in [0.717, 1.165) is 36.1 Å². The van der Waals surface area contributed by atoms with Crippen LogP contribution in [0.2, 0.25) is 0 Å². The van der Waals surface area contributed by atoms with E-state index < -0.39 is 0 Å². The smallest absolute Gasteiger partial charge is 0.246 e. The number of nitrogens with one attached hydrogen (secondary N) is 1. The van der Waals surface area contributed by atoms with E-state index in [9.17, 15) is 9.90 Å². The van der Waals surface area contributed by atoms with Crippen molar-refractivity contribution in [1.29, 1.82) is 0 Å². The molecule has 3 heterocycles. The van der Waals surface area contributed by atoms with Gasteiger partial charge in [-0.3, -0.25) is 4.79 Å². The number of benzene rings is 1. The van der Waals surface area contributed by atoms with Gasteiger partial charge in [0.15, 0.2) is 5.65 Å². The molecule has 2 aromatic heterocycles. The second-order valence-electron chi connectivity index (χ2n) is 7.40. The number of aromatic amines is 1. The van der Waals surface area contributed by atoms with E-state index in [4.69, 9.17) is 0 Å². The van der Waals surface area contributed by atoms with Gasteiger partial charge in [0.25, 0.3) is 0 Å². The maximum Gasteiger partial charge on any atom is 0.246 e. The Labute approximate surface area is 156 Å². The number of H-pyrrole nitrogens is 1.